The standard InChI is InChI=1S/C16H14F2O/c1-16(11-19,13-3-2-4-15(18)9-13)10-12-5-7-14(17)8-6-12/h2-9,11H,10H2,1H3. The van der Waals surface area contributed by atoms with Gasteiger partial charge in [0.25, 0.3) is 0 Å². The smallest absolute Gasteiger partial charge is 0.130 e. The molecule has 19 heavy (non-hydrogen) atoms. The van der Waals surface area contributed by atoms with E-state index in [-0.39, 0.29) is 11.6 Å². The SMILES string of the molecule is CC(C=O)(Cc1ccc(F)cc1)c1cccc(F)c1. The van der Waals surface area contributed by atoms with Gasteiger partial charge >= 0.3 is 0 Å². The summed E-state index contributed by atoms with van der Waals surface area (Å²) in [4.78, 5) is 11.4. The highest BCUT2D eigenvalue weighted by Gasteiger charge is 2.26. The molecule has 0 fully saturated rings. The Hall–Kier alpha value is -2.03. The van der Waals surface area contributed by atoms with Crippen LogP contribution in [-0.2, 0) is 16.6 Å². The molecule has 0 saturated heterocycles. The minimum absolute atomic E-state index is 0.317. The van der Waals surface area contributed by atoms with Gasteiger partial charge < -0.3 is 4.79 Å². The first-order valence-corrected chi connectivity index (χ1v) is 6.00. The predicted octanol–water partition coefficient (Wildman–Crippen LogP) is 3.66. The van der Waals surface area contributed by atoms with Crippen molar-refractivity contribution in [2.24, 2.45) is 0 Å². The van der Waals surface area contributed by atoms with Crippen LogP contribution in [0.15, 0.2) is 48.5 Å². The Kier molecular flexibility index (Phi) is 3.74. The molecule has 0 N–H and O–H groups in total. The highest BCUT2D eigenvalue weighted by molar-refractivity contribution is 5.68. The third kappa shape index (κ3) is 3.05. The molecule has 0 aliphatic heterocycles. The van der Waals surface area contributed by atoms with Crippen molar-refractivity contribution < 1.29 is 13.6 Å². The van der Waals surface area contributed by atoms with Crippen LogP contribution in [0.1, 0.15) is 18.1 Å². The molecule has 2 aromatic rings. The summed E-state index contributed by atoms with van der Waals surface area (Å²) in [5.41, 5.74) is 0.631. The van der Waals surface area contributed by atoms with Gasteiger partial charge in [0, 0.05) is 0 Å². The van der Waals surface area contributed by atoms with Crippen molar-refractivity contribution >= 4 is 6.29 Å². The van der Waals surface area contributed by atoms with Crippen LogP contribution in [0.4, 0.5) is 8.78 Å². The van der Waals surface area contributed by atoms with E-state index in [1.807, 2.05) is 0 Å². The monoisotopic (exact) mass is 260 g/mol. The first kappa shape index (κ1) is 13.4. The molecule has 2 aromatic carbocycles. The van der Waals surface area contributed by atoms with E-state index in [1.165, 1.54) is 24.3 Å². The lowest BCUT2D eigenvalue weighted by Gasteiger charge is -2.23. The molecule has 1 unspecified atom stereocenters. The quantitative estimate of drug-likeness (QED) is 0.767. The maximum Gasteiger partial charge on any atom is 0.130 e. The molecule has 1 atom stereocenters. The van der Waals surface area contributed by atoms with Crippen molar-refractivity contribution in [2.75, 3.05) is 0 Å². The number of halogens is 2. The minimum atomic E-state index is -0.820. The van der Waals surface area contributed by atoms with Crippen molar-refractivity contribution in [3.05, 3.63) is 71.3 Å². The molecular weight excluding hydrogens is 246 g/mol. The summed E-state index contributed by atoms with van der Waals surface area (Å²) in [5.74, 6) is -0.688. The van der Waals surface area contributed by atoms with E-state index in [4.69, 9.17) is 0 Å². The molecule has 98 valence electrons. The van der Waals surface area contributed by atoms with Crippen molar-refractivity contribution in [1.29, 1.82) is 0 Å². The van der Waals surface area contributed by atoms with Gasteiger partial charge in [-0.05, 0) is 48.7 Å². The lowest BCUT2D eigenvalue weighted by molar-refractivity contribution is -0.112. The van der Waals surface area contributed by atoms with E-state index >= 15 is 0 Å². The summed E-state index contributed by atoms with van der Waals surface area (Å²) in [6.07, 6.45) is 1.21. The number of hydrogen-bond donors (Lipinski definition) is 0. The Morgan fingerprint density at radius 1 is 1.05 bits per heavy atom. The molecule has 0 radical (unpaired) electrons. The molecule has 0 heterocycles. The van der Waals surface area contributed by atoms with Gasteiger partial charge in [0.1, 0.15) is 17.9 Å². The van der Waals surface area contributed by atoms with Crippen molar-refractivity contribution in [1.82, 2.24) is 0 Å². The van der Waals surface area contributed by atoms with E-state index in [2.05, 4.69) is 0 Å². The molecular formula is C16H14F2O. The fourth-order valence-electron chi connectivity index (χ4n) is 2.08. The number of aldehydes is 1. The van der Waals surface area contributed by atoms with Gasteiger partial charge in [0.2, 0.25) is 0 Å². The van der Waals surface area contributed by atoms with E-state index in [0.29, 0.717) is 12.0 Å². The summed E-state index contributed by atoms with van der Waals surface area (Å²) < 4.78 is 26.1. The van der Waals surface area contributed by atoms with Crippen LogP contribution in [0.2, 0.25) is 0 Å². The third-order valence-corrected chi connectivity index (χ3v) is 3.23. The van der Waals surface area contributed by atoms with E-state index in [1.54, 1.807) is 31.2 Å². The zero-order valence-electron chi connectivity index (χ0n) is 10.6. The normalized spacial score (nSPS) is 13.8. The lowest BCUT2D eigenvalue weighted by Crippen LogP contribution is -2.27. The summed E-state index contributed by atoms with van der Waals surface area (Å²) in [6.45, 7) is 1.75. The molecule has 1 nitrogen and oxygen atoms in total. The van der Waals surface area contributed by atoms with E-state index < -0.39 is 5.41 Å². The molecule has 3 heteroatoms. The molecule has 0 amide bonds. The van der Waals surface area contributed by atoms with Crippen molar-refractivity contribution in [3.8, 4) is 0 Å². The fourth-order valence-corrected chi connectivity index (χ4v) is 2.08. The van der Waals surface area contributed by atoms with Crippen LogP contribution in [0.25, 0.3) is 0 Å². The molecule has 0 saturated carbocycles. The van der Waals surface area contributed by atoms with Crippen LogP contribution >= 0.6 is 0 Å². The Bertz CT molecular complexity index is 578. The van der Waals surface area contributed by atoms with Gasteiger partial charge in [0.05, 0.1) is 5.41 Å². The van der Waals surface area contributed by atoms with Gasteiger partial charge in [-0.15, -0.1) is 0 Å². The molecule has 0 aliphatic carbocycles. The van der Waals surface area contributed by atoms with Gasteiger partial charge in [-0.1, -0.05) is 24.3 Å². The van der Waals surface area contributed by atoms with Gasteiger partial charge in [-0.25, -0.2) is 8.78 Å². The average Bonchev–Trinajstić information content (AvgIpc) is 2.41. The average molecular weight is 260 g/mol. The van der Waals surface area contributed by atoms with Crippen LogP contribution in [0, 0.1) is 11.6 Å². The van der Waals surface area contributed by atoms with E-state index in [9.17, 15) is 13.6 Å². The van der Waals surface area contributed by atoms with E-state index in [0.717, 1.165) is 11.8 Å². The topological polar surface area (TPSA) is 17.1 Å². The highest BCUT2D eigenvalue weighted by Crippen LogP contribution is 2.26. The molecule has 0 bridgehead atoms. The maximum absolute atomic E-state index is 13.3. The second-order valence-corrected chi connectivity index (χ2v) is 4.85. The molecule has 0 aromatic heterocycles. The zero-order chi connectivity index (χ0) is 13.9. The minimum Gasteiger partial charge on any atom is -0.302 e. The van der Waals surface area contributed by atoms with Gasteiger partial charge in [0.15, 0.2) is 0 Å². The number of hydrogen-bond acceptors (Lipinski definition) is 1. The summed E-state index contributed by atoms with van der Waals surface area (Å²) in [6, 6.07) is 12.0. The van der Waals surface area contributed by atoms with Crippen LogP contribution in [-0.4, -0.2) is 6.29 Å². The Morgan fingerprint density at radius 3 is 2.32 bits per heavy atom. The first-order valence-electron chi connectivity index (χ1n) is 6.00. The summed E-state index contributed by atoms with van der Waals surface area (Å²) >= 11 is 0. The maximum atomic E-state index is 13.3. The van der Waals surface area contributed by atoms with Crippen molar-refractivity contribution in [3.63, 3.8) is 0 Å². The zero-order valence-corrected chi connectivity index (χ0v) is 10.6. The second kappa shape index (κ2) is 5.31. The Balaban J connectivity index is 2.32. The number of rotatable bonds is 4. The predicted molar refractivity (Wildman–Crippen MR) is 69.9 cm³/mol. The van der Waals surface area contributed by atoms with Gasteiger partial charge in [-0.2, -0.15) is 0 Å². The second-order valence-electron chi connectivity index (χ2n) is 4.85. The highest BCUT2D eigenvalue weighted by atomic mass is 19.1. The van der Waals surface area contributed by atoms with Crippen LogP contribution in [0.5, 0.6) is 0 Å². The first-order chi connectivity index (χ1) is 9.03. The third-order valence-electron chi connectivity index (χ3n) is 3.23. The molecule has 0 spiro atoms. The van der Waals surface area contributed by atoms with Gasteiger partial charge in [-0.3, -0.25) is 0 Å². The largest absolute Gasteiger partial charge is 0.302 e. The lowest BCUT2D eigenvalue weighted by atomic mass is 9.78. The van der Waals surface area contributed by atoms with Crippen LogP contribution in [0.3, 0.4) is 0 Å². The fraction of sp³-hybridized carbons (Fsp3) is 0.188. The number of carbonyl (C=O) groups excluding carboxylic acids is 1. The number of carbonyl (C=O) groups is 1. The number of benzene rings is 2. The summed E-state index contributed by atoms with van der Waals surface area (Å²) in [5, 5.41) is 0. The molecule has 2 rings (SSSR count). The molecule has 0 aliphatic rings. The Labute approximate surface area is 110 Å². The van der Waals surface area contributed by atoms with Crippen LogP contribution < -0.4 is 0 Å². The summed E-state index contributed by atoms with van der Waals surface area (Å²) in [7, 11) is 0. The Morgan fingerprint density at radius 2 is 1.74 bits per heavy atom. The van der Waals surface area contributed by atoms with Crippen molar-refractivity contribution in [2.45, 2.75) is 18.8 Å².